The largest absolute Gasteiger partial charge is 0.497 e. The van der Waals surface area contributed by atoms with Gasteiger partial charge in [-0.3, -0.25) is 9.59 Å². The van der Waals surface area contributed by atoms with Gasteiger partial charge < -0.3 is 14.8 Å². The smallest absolute Gasteiger partial charge is 0.311 e. The van der Waals surface area contributed by atoms with E-state index in [2.05, 4.69) is 25.8 Å². The number of carbonyl (C=O) groups excluding carboxylic acids is 1. The number of benzene rings is 2. The normalized spacial score (nSPS) is 12.7. The fourth-order valence-corrected chi connectivity index (χ4v) is 3.33. The van der Waals surface area contributed by atoms with E-state index in [1.54, 1.807) is 25.4 Å². The van der Waals surface area contributed by atoms with Crippen molar-refractivity contribution in [3.8, 4) is 5.75 Å². The minimum absolute atomic E-state index is 0.0874. The van der Waals surface area contributed by atoms with Gasteiger partial charge in [0.05, 0.1) is 13.0 Å². The number of hydrogen-bond donors (Lipinski definition) is 2. The van der Waals surface area contributed by atoms with Gasteiger partial charge in [0.2, 0.25) is 0 Å². The Morgan fingerprint density at radius 1 is 1.14 bits per heavy atom. The molecule has 0 aliphatic heterocycles. The van der Waals surface area contributed by atoms with Crippen LogP contribution in [0.2, 0.25) is 0 Å². The van der Waals surface area contributed by atoms with E-state index in [0.717, 1.165) is 16.5 Å². The summed E-state index contributed by atoms with van der Waals surface area (Å²) >= 11 is 0. The molecule has 3 rings (SSSR count). The molecule has 1 atom stereocenters. The molecular formula is C23H25NO4. The fraction of sp³-hybridized carbons (Fsp3) is 0.304. The summed E-state index contributed by atoms with van der Waals surface area (Å²) in [5.74, 6) is -1.51. The van der Waals surface area contributed by atoms with E-state index >= 15 is 0 Å². The second kappa shape index (κ2) is 7.50. The number of Topliss-reactive ketones (excluding diaryl/α,β-unsaturated/α-hetero) is 1. The predicted molar refractivity (Wildman–Crippen MR) is 109 cm³/mol. The first-order valence-corrected chi connectivity index (χ1v) is 9.22. The van der Waals surface area contributed by atoms with Gasteiger partial charge in [-0.15, -0.1) is 0 Å². The minimum atomic E-state index is -1.02. The van der Waals surface area contributed by atoms with Crippen molar-refractivity contribution in [1.82, 2.24) is 4.98 Å². The Hall–Kier alpha value is -3.08. The lowest BCUT2D eigenvalue weighted by molar-refractivity contribution is -0.138. The maximum absolute atomic E-state index is 12.9. The van der Waals surface area contributed by atoms with E-state index in [1.807, 2.05) is 30.3 Å². The summed E-state index contributed by atoms with van der Waals surface area (Å²) in [5, 5.41) is 10.6. The Morgan fingerprint density at radius 3 is 2.54 bits per heavy atom. The van der Waals surface area contributed by atoms with Crippen LogP contribution in [0, 0.1) is 0 Å². The number of H-pyrrole nitrogens is 1. The van der Waals surface area contributed by atoms with Crippen LogP contribution in [0.1, 0.15) is 54.6 Å². The molecule has 0 bridgehead atoms. The molecule has 3 aromatic rings. The van der Waals surface area contributed by atoms with Gasteiger partial charge in [0.15, 0.2) is 5.78 Å². The minimum Gasteiger partial charge on any atom is -0.497 e. The SMILES string of the molecule is COc1ccc2[nH]cc(C(CC(=O)c3cccc(C(C)(C)C)c3)C(=O)O)c2c1. The quantitative estimate of drug-likeness (QED) is 0.596. The first kappa shape index (κ1) is 19.7. The molecule has 1 unspecified atom stereocenters. The highest BCUT2D eigenvalue weighted by Crippen LogP contribution is 2.32. The Balaban J connectivity index is 1.94. The highest BCUT2D eigenvalue weighted by molar-refractivity contribution is 6.00. The van der Waals surface area contributed by atoms with Crippen LogP contribution in [0.3, 0.4) is 0 Å². The summed E-state index contributed by atoms with van der Waals surface area (Å²) in [6, 6.07) is 12.9. The van der Waals surface area contributed by atoms with Crippen LogP contribution < -0.4 is 4.74 Å². The fourth-order valence-electron chi connectivity index (χ4n) is 3.33. The molecule has 2 N–H and O–H groups in total. The van der Waals surface area contributed by atoms with Gasteiger partial charge in [-0.25, -0.2) is 0 Å². The number of aromatic amines is 1. The van der Waals surface area contributed by atoms with Crippen LogP contribution >= 0.6 is 0 Å². The van der Waals surface area contributed by atoms with E-state index in [1.165, 1.54) is 0 Å². The molecule has 146 valence electrons. The van der Waals surface area contributed by atoms with Crippen molar-refractivity contribution < 1.29 is 19.4 Å². The second-order valence-corrected chi connectivity index (χ2v) is 8.00. The molecule has 5 heteroatoms. The van der Waals surface area contributed by atoms with Crippen molar-refractivity contribution >= 4 is 22.7 Å². The molecule has 0 saturated carbocycles. The number of carbonyl (C=O) groups is 2. The first-order valence-electron chi connectivity index (χ1n) is 9.22. The summed E-state index contributed by atoms with van der Waals surface area (Å²) < 4.78 is 5.25. The van der Waals surface area contributed by atoms with Crippen molar-refractivity contribution in [2.75, 3.05) is 7.11 Å². The molecular weight excluding hydrogens is 354 g/mol. The van der Waals surface area contributed by atoms with Gasteiger partial charge in [0.1, 0.15) is 5.75 Å². The maximum atomic E-state index is 12.9. The number of fused-ring (bicyclic) bond motifs is 1. The average Bonchev–Trinajstić information content (AvgIpc) is 3.07. The third-order valence-corrected chi connectivity index (χ3v) is 5.03. The third kappa shape index (κ3) is 3.93. The summed E-state index contributed by atoms with van der Waals surface area (Å²) in [4.78, 5) is 28.0. The highest BCUT2D eigenvalue weighted by atomic mass is 16.5. The van der Waals surface area contributed by atoms with Gasteiger partial charge in [-0.1, -0.05) is 39.0 Å². The number of aliphatic carboxylic acids is 1. The monoisotopic (exact) mass is 379 g/mol. The molecule has 1 heterocycles. The van der Waals surface area contributed by atoms with Crippen molar-refractivity contribution in [3.05, 3.63) is 65.4 Å². The van der Waals surface area contributed by atoms with Gasteiger partial charge in [-0.05, 0) is 40.8 Å². The molecule has 0 fully saturated rings. The number of hydrogen-bond acceptors (Lipinski definition) is 3. The summed E-state index contributed by atoms with van der Waals surface area (Å²) in [6.07, 6.45) is 1.56. The van der Waals surface area contributed by atoms with E-state index in [0.29, 0.717) is 16.9 Å². The molecule has 28 heavy (non-hydrogen) atoms. The number of carboxylic acid groups (broad SMARTS) is 1. The molecule has 0 saturated heterocycles. The summed E-state index contributed by atoms with van der Waals surface area (Å²) in [7, 11) is 1.56. The number of ether oxygens (including phenoxy) is 1. The zero-order chi connectivity index (χ0) is 20.5. The van der Waals surface area contributed by atoms with Crippen LogP contribution in [0.15, 0.2) is 48.7 Å². The van der Waals surface area contributed by atoms with Crippen molar-refractivity contribution in [2.45, 2.75) is 38.5 Å². The van der Waals surface area contributed by atoms with Crippen LogP contribution in [-0.2, 0) is 10.2 Å². The van der Waals surface area contributed by atoms with E-state index in [4.69, 9.17) is 4.74 Å². The number of carboxylic acids is 1. The number of ketones is 1. The molecule has 0 amide bonds. The Kier molecular flexibility index (Phi) is 5.27. The lowest BCUT2D eigenvalue weighted by atomic mass is 9.84. The number of aromatic nitrogens is 1. The topological polar surface area (TPSA) is 79.4 Å². The van der Waals surface area contributed by atoms with Crippen LogP contribution in [0.5, 0.6) is 5.75 Å². The Labute approximate surface area is 164 Å². The first-order chi connectivity index (χ1) is 13.2. The van der Waals surface area contributed by atoms with Gasteiger partial charge in [-0.2, -0.15) is 0 Å². The summed E-state index contributed by atoms with van der Waals surface area (Å²) in [5.41, 5.74) is 2.89. The van der Waals surface area contributed by atoms with Crippen molar-refractivity contribution in [2.24, 2.45) is 0 Å². The van der Waals surface area contributed by atoms with Crippen LogP contribution in [-0.4, -0.2) is 29.0 Å². The highest BCUT2D eigenvalue weighted by Gasteiger charge is 2.27. The Bertz CT molecular complexity index is 1030. The van der Waals surface area contributed by atoms with E-state index < -0.39 is 11.9 Å². The molecule has 2 aromatic carbocycles. The van der Waals surface area contributed by atoms with Gasteiger partial charge in [0, 0.05) is 29.1 Å². The zero-order valence-corrected chi connectivity index (χ0v) is 16.6. The predicted octanol–water partition coefficient (Wildman–Crippen LogP) is 4.92. The van der Waals surface area contributed by atoms with Crippen LogP contribution in [0.25, 0.3) is 10.9 Å². The Morgan fingerprint density at radius 2 is 1.89 bits per heavy atom. The third-order valence-electron chi connectivity index (χ3n) is 5.03. The van der Waals surface area contributed by atoms with E-state index in [-0.39, 0.29) is 17.6 Å². The maximum Gasteiger partial charge on any atom is 0.311 e. The van der Waals surface area contributed by atoms with Gasteiger partial charge in [0.25, 0.3) is 0 Å². The van der Waals surface area contributed by atoms with Crippen molar-refractivity contribution in [3.63, 3.8) is 0 Å². The molecule has 1 aromatic heterocycles. The lowest BCUT2D eigenvalue weighted by Gasteiger charge is -2.20. The molecule has 0 radical (unpaired) electrons. The second-order valence-electron chi connectivity index (χ2n) is 8.00. The summed E-state index contributed by atoms with van der Waals surface area (Å²) in [6.45, 7) is 6.24. The standard InChI is InChI=1S/C23H25NO4/c1-23(2,3)15-7-5-6-14(10-15)21(25)12-18(22(26)27)19-13-24-20-9-8-16(28-4)11-17(19)20/h5-11,13,18,24H,12H2,1-4H3,(H,26,27). The molecule has 0 aliphatic carbocycles. The average molecular weight is 379 g/mol. The zero-order valence-electron chi connectivity index (χ0n) is 16.6. The van der Waals surface area contributed by atoms with E-state index in [9.17, 15) is 14.7 Å². The number of rotatable bonds is 6. The van der Waals surface area contributed by atoms with Crippen LogP contribution in [0.4, 0.5) is 0 Å². The number of methoxy groups -OCH3 is 1. The number of nitrogens with one attached hydrogen (secondary N) is 1. The van der Waals surface area contributed by atoms with Gasteiger partial charge >= 0.3 is 5.97 Å². The molecule has 0 spiro atoms. The molecule has 5 nitrogen and oxygen atoms in total. The molecule has 0 aliphatic rings. The lowest BCUT2D eigenvalue weighted by Crippen LogP contribution is -2.17. The van der Waals surface area contributed by atoms with Crippen molar-refractivity contribution in [1.29, 1.82) is 0 Å².